The van der Waals surface area contributed by atoms with E-state index in [1.807, 2.05) is 6.07 Å². The number of rotatable bonds is 5. The van der Waals surface area contributed by atoms with Crippen LogP contribution in [-0.2, 0) is 9.84 Å². The van der Waals surface area contributed by atoms with Crippen molar-refractivity contribution in [2.24, 2.45) is 5.84 Å². The van der Waals surface area contributed by atoms with Crippen LogP contribution in [-0.4, -0.2) is 14.7 Å². The Bertz CT molecular complexity index is 556. The lowest BCUT2D eigenvalue weighted by atomic mass is 10.0. The van der Waals surface area contributed by atoms with Crippen LogP contribution in [0.3, 0.4) is 0 Å². The molecule has 0 aliphatic heterocycles. The Hall–Kier alpha value is -1.35. The van der Waals surface area contributed by atoms with Crippen molar-refractivity contribution in [3.63, 3.8) is 0 Å². The van der Waals surface area contributed by atoms with E-state index in [1.54, 1.807) is 25.1 Å². The monoisotopic (exact) mass is 266 g/mol. The van der Waals surface area contributed by atoms with Crippen molar-refractivity contribution >= 4 is 9.84 Å². The van der Waals surface area contributed by atoms with Crippen LogP contribution in [0.1, 0.15) is 31.4 Å². The Kier molecular flexibility index (Phi) is 5.35. The molecule has 0 spiro atoms. The second kappa shape index (κ2) is 6.55. The lowest BCUT2D eigenvalue weighted by Gasteiger charge is -2.15. The first kappa shape index (κ1) is 14.7. The molecule has 0 aliphatic rings. The van der Waals surface area contributed by atoms with Gasteiger partial charge in [-0.1, -0.05) is 12.1 Å². The van der Waals surface area contributed by atoms with Crippen LogP contribution >= 0.6 is 0 Å². The molecule has 1 atom stereocenters. The highest BCUT2D eigenvalue weighted by atomic mass is 32.2. The Balaban J connectivity index is 2.95. The maximum absolute atomic E-state index is 11.5. The Morgan fingerprint density at radius 1 is 1.44 bits per heavy atom. The van der Waals surface area contributed by atoms with Gasteiger partial charge in [0.2, 0.25) is 0 Å². The molecule has 0 heterocycles. The Labute approximate surface area is 108 Å². The molecule has 0 amide bonds. The number of nitrogens with one attached hydrogen (secondary N) is 1. The van der Waals surface area contributed by atoms with E-state index >= 15 is 0 Å². The number of nitrogens with two attached hydrogens (primary N) is 1. The highest BCUT2D eigenvalue weighted by Gasteiger charge is 2.12. The summed E-state index contributed by atoms with van der Waals surface area (Å²) in [6.45, 7) is 1.79. The minimum Gasteiger partial charge on any atom is -0.271 e. The molecule has 3 N–H and O–H groups in total. The Morgan fingerprint density at radius 2 is 2.17 bits per heavy atom. The molecule has 0 saturated heterocycles. The zero-order valence-electron chi connectivity index (χ0n) is 10.6. The van der Waals surface area contributed by atoms with E-state index in [4.69, 9.17) is 5.84 Å². The van der Waals surface area contributed by atoms with Crippen LogP contribution in [0.2, 0.25) is 0 Å². The molecule has 0 saturated carbocycles. The molecular weight excluding hydrogens is 248 g/mol. The fourth-order valence-electron chi connectivity index (χ4n) is 1.65. The van der Waals surface area contributed by atoms with Gasteiger partial charge in [-0.2, -0.15) is 0 Å². The third-order valence-electron chi connectivity index (χ3n) is 2.62. The van der Waals surface area contributed by atoms with Crippen molar-refractivity contribution in [3.05, 3.63) is 29.8 Å². The van der Waals surface area contributed by atoms with Gasteiger partial charge in [0.05, 0.1) is 4.90 Å². The summed E-state index contributed by atoms with van der Waals surface area (Å²) in [6, 6.07) is 6.73. The van der Waals surface area contributed by atoms with Gasteiger partial charge >= 0.3 is 0 Å². The molecule has 1 aromatic rings. The van der Waals surface area contributed by atoms with Crippen LogP contribution in [0.25, 0.3) is 0 Å². The van der Waals surface area contributed by atoms with E-state index in [-0.39, 0.29) is 6.04 Å². The molecule has 1 rings (SSSR count). The SMILES string of the molecule is CC#CCCC(NN)c1cccc(S(C)(=O)=O)c1. The average Bonchev–Trinajstić information content (AvgIpc) is 2.34. The number of benzene rings is 1. The number of hydrazine groups is 1. The van der Waals surface area contributed by atoms with Gasteiger partial charge in [0, 0.05) is 18.7 Å². The predicted molar refractivity (Wildman–Crippen MR) is 72.3 cm³/mol. The van der Waals surface area contributed by atoms with Gasteiger partial charge in [-0.05, 0) is 31.0 Å². The molecule has 1 aromatic carbocycles. The molecular formula is C13H18N2O2S. The fourth-order valence-corrected chi connectivity index (χ4v) is 2.33. The third kappa shape index (κ3) is 4.15. The standard InChI is InChI=1S/C13H18N2O2S/c1-3-4-5-9-13(15-14)11-7-6-8-12(10-11)18(2,16)17/h6-8,10,13,15H,5,9,14H2,1-2H3. The first-order chi connectivity index (χ1) is 8.49. The highest BCUT2D eigenvalue weighted by Crippen LogP contribution is 2.20. The first-order valence-corrected chi connectivity index (χ1v) is 7.54. The molecule has 4 nitrogen and oxygen atoms in total. The quantitative estimate of drug-likeness (QED) is 0.480. The van der Waals surface area contributed by atoms with Crippen LogP contribution in [0.5, 0.6) is 0 Å². The summed E-state index contributed by atoms with van der Waals surface area (Å²) in [7, 11) is -3.19. The van der Waals surface area contributed by atoms with Crippen molar-refractivity contribution in [1.29, 1.82) is 0 Å². The molecule has 0 aromatic heterocycles. The lowest BCUT2D eigenvalue weighted by Crippen LogP contribution is -2.28. The number of hydrogen-bond acceptors (Lipinski definition) is 4. The van der Waals surface area contributed by atoms with Gasteiger partial charge in [-0.3, -0.25) is 11.3 Å². The zero-order chi connectivity index (χ0) is 13.6. The topological polar surface area (TPSA) is 72.2 Å². The zero-order valence-corrected chi connectivity index (χ0v) is 11.4. The average molecular weight is 266 g/mol. The smallest absolute Gasteiger partial charge is 0.175 e. The molecule has 18 heavy (non-hydrogen) atoms. The summed E-state index contributed by atoms with van der Waals surface area (Å²) in [5.41, 5.74) is 3.55. The Morgan fingerprint density at radius 3 is 2.72 bits per heavy atom. The van der Waals surface area contributed by atoms with E-state index in [9.17, 15) is 8.42 Å². The van der Waals surface area contributed by atoms with E-state index in [0.29, 0.717) is 11.3 Å². The summed E-state index contributed by atoms with van der Waals surface area (Å²) in [5, 5.41) is 0. The summed E-state index contributed by atoms with van der Waals surface area (Å²) in [6.07, 6.45) is 2.65. The number of hydrogen-bond donors (Lipinski definition) is 2. The fraction of sp³-hybridized carbons (Fsp3) is 0.385. The molecule has 98 valence electrons. The maximum atomic E-state index is 11.5. The minimum atomic E-state index is -3.19. The first-order valence-electron chi connectivity index (χ1n) is 5.64. The normalized spacial score (nSPS) is 12.6. The molecule has 5 heteroatoms. The van der Waals surface area contributed by atoms with E-state index in [0.717, 1.165) is 12.0 Å². The van der Waals surface area contributed by atoms with Crippen LogP contribution in [0.15, 0.2) is 29.2 Å². The van der Waals surface area contributed by atoms with Gasteiger partial charge in [-0.25, -0.2) is 8.42 Å². The highest BCUT2D eigenvalue weighted by molar-refractivity contribution is 7.90. The van der Waals surface area contributed by atoms with Crippen molar-refractivity contribution in [3.8, 4) is 11.8 Å². The second-order valence-corrected chi connectivity index (χ2v) is 6.05. The molecule has 0 radical (unpaired) electrons. The van der Waals surface area contributed by atoms with Gasteiger partial charge in [0.15, 0.2) is 9.84 Å². The van der Waals surface area contributed by atoms with E-state index in [1.165, 1.54) is 6.26 Å². The molecule has 0 bridgehead atoms. The van der Waals surface area contributed by atoms with Crippen molar-refractivity contribution in [2.45, 2.75) is 30.7 Å². The predicted octanol–water partition coefficient (Wildman–Crippen LogP) is 1.40. The summed E-state index contributed by atoms with van der Waals surface area (Å²) in [4.78, 5) is 0.307. The maximum Gasteiger partial charge on any atom is 0.175 e. The van der Waals surface area contributed by atoms with Gasteiger partial charge < -0.3 is 0 Å². The van der Waals surface area contributed by atoms with Crippen molar-refractivity contribution in [2.75, 3.05) is 6.26 Å². The lowest BCUT2D eigenvalue weighted by molar-refractivity contribution is 0.522. The van der Waals surface area contributed by atoms with Gasteiger partial charge in [-0.15, -0.1) is 11.8 Å². The van der Waals surface area contributed by atoms with Crippen LogP contribution in [0, 0.1) is 11.8 Å². The van der Waals surface area contributed by atoms with Gasteiger partial charge in [0.25, 0.3) is 0 Å². The summed E-state index contributed by atoms with van der Waals surface area (Å²) in [5.74, 6) is 11.3. The van der Waals surface area contributed by atoms with Crippen LogP contribution < -0.4 is 11.3 Å². The molecule has 0 aliphatic carbocycles. The largest absolute Gasteiger partial charge is 0.271 e. The second-order valence-electron chi connectivity index (χ2n) is 4.03. The summed E-state index contributed by atoms with van der Waals surface area (Å²) < 4.78 is 23.0. The van der Waals surface area contributed by atoms with Crippen LogP contribution in [0.4, 0.5) is 0 Å². The molecule has 1 unspecified atom stereocenters. The van der Waals surface area contributed by atoms with E-state index < -0.39 is 9.84 Å². The van der Waals surface area contributed by atoms with Crippen molar-refractivity contribution < 1.29 is 8.42 Å². The van der Waals surface area contributed by atoms with Crippen molar-refractivity contribution in [1.82, 2.24) is 5.43 Å². The summed E-state index contributed by atoms with van der Waals surface area (Å²) >= 11 is 0. The third-order valence-corrected chi connectivity index (χ3v) is 3.73. The van der Waals surface area contributed by atoms with Gasteiger partial charge in [0.1, 0.15) is 0 Å². The minimum absolute atomic E-state index is 0.0902. The molecule has 0 fully saturated rings. The number of sulfone groups is 1. The van der Waals surface area contributed by atoms with E-state index in [2.05, 4.69) is 17.3 Å².